The molecule has 0 aliphatic carbocycles. The quantitative estimate of drug-likeness (QED) is 0.748. The Hall–Kier alpha value is -1.03. The predicted octanol–water partition coefficient (Wildman–Crippen LogP) is 3.87. The second kappa shape index (κ2) is 7.41. The van der Waals surface area contributed by atoms with Crippen LogP contribution in [0.2, 0.25) is 0 Å². The zero-order chi connectivity index (χ0) is 13.5. The van der Waals surface area contributed by atoms with Crippen LogP contribution in [0.15, 0.2) is 22.7 Å². The average Bonchev–Trinajstić information content (AvgIpc) is 2.33. The van der Waals surface area contributed by atoms with Gasteiger partial charge in [0.25, 0.3) is 0 Å². The van der Waals surface area contributed by atoms with E-state index < -0.39 is 6.10 Å². The molecular weight excluding hydrogens is 296 g/mol. The first-order valence-electron chi connectivity index (χ1n) is 6.17. The maximum atomic E-state index is 11.8. The van der Waals surface area contributed by atoms with Gasteiger partial charge in [0.1, 0.15) is 5.75 Å². The van der Waals surface area contributed by atoms with Gasteiger partial charge >= 0.3 is 5.97 Å². The van der Waals surface area contributed by atoms with Crippen molar-refractivity contribution in [3.63, 3.8) is 0 Å². The fourth-order valence-corrected chi connectivity index (χ4v) is 1.92. The van der Waals surface area contributed by atoms with Crippen molar-refractivity contribution in [1.82, 2.24) is 0 Å². The van der Waals surface area contributed by atoms with E-state index in [1.54, 1.807) is 6.92 Å². The highest BCUT2D eigenvalue weighted by molar-refractivity contribution is 9.10. The highest BCUT2D eigenvalue weighted by Crippen LogP contribution is 2.25. The van der Waals surface area contributed by atoms with Crippen molar-refractivity contribution in [1.29, 1.82) is 0 Å². The molecule has 0 spiro atoms. The predicted molar refractivity (Wildman–Crippen MR) is 74.8 cm³/mol. The van der Waals surface area contributed by atoms with Crippen molar-refractivity contribution < 1.29 is 14.3 Å². The molecule has 0 aromatic heterocycles. The minimum absolute atomic E-state index is 0.293. The van der Waals surface area contributed by atoms with E-state index in [2.05, 4.69) is 15.9 Å². The first-order chi connectivity index (χ1) is 8.58. The number of hydrogen-bond donors (Lipinski definition) is 0. The number of ether oxygens (including phenoxy) is 2. The molecule has 0 aliphatic heterocycles. The lowest BCUT2D eigenvalue weighted by Crippen LogP contribution is -2.29. The highest BCUT2D eigenvalue weighted by Gasteiger charge is 2.21. The zero-order valence-corrected chi connectivity index (χ0v) is 12.6. The van der Waals surface area contributed by atoms with E-state index in [0.29, 0.717) is 13.0 Å². The summed E-state index contributed by atoms with van der Waals surface area (Å²) in [7, 11) is 0. The van der Waals surface area contributed by atoms with Gasteiger partial charge in [0.2, 0.25) is 0 Å². The van der Waals surface area contributed by atoms with Crippen LogP contribution >= 0.6 is 15.9 Å². The number of rotatable bonds is 6. The topological polar surface area (TPSA) is 35.5 Å². The molecule has 0 aliphatic rings. The molecular formula is C14H19BrO3. The van der Waals surface area contributed by atoms with Crippen LogP contribution in [-0.2, 0) is 9.53 Å². The Balaban J connectivity index is 2.82. The Morgan fingerprint density at radius 2 is 2.11 bits per heavy atom. The van der Waals surface area contributed by atoms with Crippen LogP contribution in [0, 0.1) is 6.92 Å². The lowest BCUT2D eigenvalue weighted by molar-refractivity contribution is -0.151. The number of esters is 1. The second-order valence-corrected chi connectivity index (χ2v) is 4.97. The Kier molecular flexibility index (Phi) is 6.19. The molecule has 0 saturated carbocycles. The summed E-state index contributed by atoms with van der Waals surface area (Å²) in [6.45, 7) is 6.14. The van der Waals surface area contributed by atoms with Crippen molar-refractivity contribution in [2.45, 2.75) is 39.7 Å². The molecule has 0 N–H and O–H groups in total. The molecule has 1 unspecified atom stereocenters. The Bertz CT molecular complexity index is 404. The van der Waals surface area contributed by atoms with Crippen LogP contribution in [0.1, 0.15) is 32.3 Å². The molecule has 1 rings (SSSR count). The normalized spacial score (nSPS) is 12.0. The maximum absolute atomic E-state index is 11.8. The summed E-state index contributed by atoms with van der Waals surface area (Å²) in [6, 6.07) is 5.77. The number of aryl methyl sites for hydroxylation is 1. The third-order valence-corrected chi connectivity index (χ3v) is 3.01. The van der Waals surface area contributed by atoms with Gasteiger partial charge in [0.05, 0.1) is 6.61 Å². The van der Waals surface area contributed by atoms with Crippen LogP contribution in [0.5, 0.6) is 5.75 Å². The first kappa shape index (κ1) is 15.0. The van der Waals surface area contributed by atoms with Crippen molar-refractivity contribution in [3.05, 3.63) is 28.2 Å². The maximum Gasteiger partial charge on any atom is 0.347 e. The van der Waals surface area contributed by atoms with Crippen LogP contribution in [0.3, 0.4) is 0 Å². The van der Waals surface area contributed by atoms with Crippen molar-refractivity contribution in [2.75, 3.05) is 6.61 Å². The Morgan fingerprint density at radius 1 is 1.39 bits per heavy atom. The third kappa shape index (κ3) is 4.33. The van der Waals surface area contributed by atoms with E-state index in [-0.39, 0.29) is 5.97 Å². The minimum atomic E-state index is -0.525. The van der Waals surface area contributed by atoms with Crippen LogP contribution in [0.25, 0.3) is 0 Å². The molecule has 0 radical (unpaired) electrons. The van der Waals surface area contributed by atoms with E-state index in [1.165, 1.54) is 0 Å². The van der Waals surface area contributed by atoms with Crippen LogP contribution < -0.4 is 4.74 Å². The van der Waals surface area contributed by atoms with Gasteiger partial charge in [0, 0.05) is 4.47 Å². The van der Waals surface area contributed by atoms with Gasteiger partial charge in [-0.15, -0.1) is 0 Å². The molecule has 18 heavy (non-hydrogen) atoms. The zero-order valence-electron chi connectivity index (χ0n) is 11.0. The van der Waals surface area contributed by atoms with Gasteiger partial charge in [0.15, 0.2) is 6.10 Å². The van der Waals surface area contributed by atoms with E-state index in [1.807, 2.05) is 32.0 Å². The van der Waals surface area contributed by atoms with E-state index in [0.717, 1.165) is 22.2 Å². The van der Waals surface area contributed by atoms with E-state index in [4.69, 9.17) is 9.47 Å². The van der Waals surface area contributed by atoms with Crippen molar-refractivity contribution >= 4 is 21.9 Å². The average molecular weight is 315 g/mol. The second-order valence-electron chi connectivity index (χ2n) is 4.06. The molecule has 100 valence electrons. The molecule has 0 saturated heterocycles. The Morgan fingerprint density at radius 3 is 2.72 bits per heavy atom. The summed E-state index contributed by atoms with van der Waals surface area (Å²) >= 11 is 3.40. The summed E-state index contributed by atoms with van der Waals surface area (Å²) in [5.41, 5.74) is 1.00. The van der Waals surface area contributed by atoms with Gasteiger partial charge in [-0.3, -0.25) is 0 Å². The molecule has 4 heteroatoms. The molecule has 0 amide bonds. The smallest absolute Gasteiger partial charge is 0.347 e. The third-order valence-electron chi connectivity index (χ3n) is 2.52. The van der Waals surface area contributed by atoms with Crippen LogP contribution in [-0.4, -0.2) is 18.7 Å². The standard InChI is InChI=1S/C14H19BrO3/c1-4-6-12(14(16)17-5-2)18-13-9-11(15)8-7-10(13)3/h7-9,12H,4-6H2,1-3H3. The monoisotopic (exact) mass is 314 g/mol. The van der Waals surface area contributed by atoms with Gasteiger partial charge < -0.3 is 9.47 Å². The van der Waals surface area contributed by atoms with Crippen molar-refractivity contribution in [3.8, 4) is 5.75 Å². The number of halogens is 1. The number of hydrogen-bond acceptors (Lipinski definition) is 3. The minimum Gasteiger partial charge on any atom is -0.478 e. The summed E-state index contributed by atoms with van der Waals surface area (Å²) in [5, 5.41) is 0. The van der Waals surface area contributed by atoms with Gasteiger partial charge in [-0.05, 0) is 38.0 Å². The Labute approximate surface area is 117 Å². The molecule has 1 aromatic rings. The molecule has 3 nitrogen and oxygen atoms in total. The number of carbonyl (C=O) groups excluding carboxylic acids is 1. The first-order valence-corrected chi connectivity index (χ1v) is 6.97. The molecule has 0 fully saturated rings. The largest absolute Gasteiger partial charge is 0.478 e. The molecule has 1 atom stereocenters. The summed E-state index contributed by atoms with van der Waals surface area (Å²) in [6.07, 6.45) is 1.00. The van der Waals surface area contributed by atoms with E-state index >= 15 is 0 Å². The van der Waals surface area contributed by atoms with Crippen molar-refractivity contribution in [2.24, 2.45) is 0 Å². The summed E-state index contributed by atoms with van der Waals surface area (Å²) in [5.74, 6) is 0.426. The molecule has 0 bridgehead atoms. The van der Waals surface area contributed by atoms with Crippen LogP contribution in [0.4, 0.5) is 0 Å². The van der Waals surface area contributed by atoms with E-state index in [9.17, 15) is 4.79 Å². The molecule has 0 heterocycles. The van der Waals surface area contributed by atoms with Gasteiger partial charge in [-0.25, -0.2) is 4.79 Å². The SMILES string of the molecule is CCCC(Oc1cc(Br)ccc1C)C(=O)OCC. The number of carbonyl (C=O) groups is 1. The fraction of sp³-hybridized carbons (Fsp3) is 0.500. The fourth-order valence-electron chi connectivity index (χ4n) is 1.58. The van der Waals surface area contributed by atoms with Gasteiger partial charge in [-0.1, -0.05) is 35.3 Å². The summed E-state index contributed by atoms with van der Waals surface area (Å²) < 4.78 is 11.7. The van der Waals surface area contributed by atoms with Gasteiger partial charge in [-0.2, -0.15) is 0 Å². The molecule has 1 aromatic carbocycles. The number of benzene rings is 1. The summed E-state index contributed by atoms with van der Waals surface area (Å²) in [4.78, 5) is 11.8. The lowest BCUT2D eigenvalue weighted by atomic mass is 10.2. The lowest BCUT2D eigenvalue weighted by Gasteiger charge is -2.18. The highest BCUT2D eigenvalue weighted by atomic mass is 79.9.